The Balaban J connectivity index is 1.83. The molecule has 1 aromatic carbocycles. The Bertz CT molecular complexity index is 579. The van der Waals surface area contributed by atoms with Gasteiger partial charge in [0.1, 0.15) is 17.6 Å². The van der Waals surface area contributed by atoms with Gasteiger partial charge in [-0.3, -0.25) is 4.79 Å². The monoisotopic (exact) mass is 361 g/mol. The molecule has 1 N–H and O–H groups in total. The summed E-state index contributed by atoms with van der Waals surface area (Å²) in [6.45, 7) is 1.21. The Kier molecular flexibility index (Phi) is 5.82. The first kappa shape index (κ1) is 19.4. The molecule has 0 aromatic heterocycles. The van der Waals surface area contributed by atoms with Gasteiger partial charge >= 0.3 is 6.18 Å². The standard InChI is InChI=1S/C17H22F3NO4/c1-16(23,17(18,19)20)11-15(22)21-9-7-14(8-10-21)25-13-5-3-12(24-2)4-6-13/h3-6,14,23H,7-11H2,1-2H3. The van der Waals surface area contributed by atoms with Gasteiger partial charge in [0.2, 0.25) is 5.91 Å². The second kappa shape index (κ2) is 7.51. The number of methoxy groups -OCH3 is 1. The second-order valence-electron chi connectivity index (χ2n) is 6.32. The summed E-state index contributed by atoms with van der Waals surface area (Å²) in [5.74, 6) is 0.681. The molecule has 0 saturated carbocycles. The first-order chi connectivity index (χ1) is 11.6. The highest BCUT2D eigenvalue weighted by Gasteiger charge is 2.51. The van der Waals surface area contributed by atoms with Crippen molar-refractivity contribution in [2.24, 2.45) is 0 Å². The van der Waals surface area contributed by atoms with Crippen LogP contribution in [0.25, 0.3) is 0 Å². The molecule has 2 rings (SSSR count). The summed E-state index contributed by atoms with van der Waals surface area (Å²) in [5.41, 5.74) is -3.01. The highest BCUT2D eigenvalue weighted by Crippen LogP contribution is 2.33. The third-order valence-electron chi connectivity index (χ3n) is 4.26. The number of ether oxygens (including phenoxy) is 2. The molecule has 140 valence electrons. The van der Waals surface area contributed by atoms with Crippen LogP contribution >= 0.6 is 0 Å². The Morgan fingerprint density at radius 3 is 2.20 bits per heavy atom. The molecule has 1 heterocycles. The summed E-state index contributed by atoms with van der Waals surface area (Å²) < 4.78 is 48.9. The van der Waals surface area contributed by atoms with Crippen molar-refractivity contribution in [3.8, 4) is 11.5 Å². The van der Waals surface area contributed by atoms with Crippen LogP contribution in [0.1, 0.15) is 26.2 Å². The fourth-order valence-corrected chi connectivity index (χ4v) is 2.58. The van der Waals surface area contributed by atoms with Crippen molar-refractivity contribution >= 4 is 5.91 Å². The van der Waals surface area contributed by atoms with E-state index in [4.69, 9.17) is 9.47 Å². The van der Waals surface area contributed by atoms with Crippen LogP contribution < -0.4 is 9.47 Å². The minimum absolute atomic E-state index is 0.111. The van der Waals surface area contributed by atoms with Gasteiger partial charge in [-0.1, -0.05) is 0 Å². The molecule has 8 heteroatoms. The van der Waals surface area contributed by atoms with Crippen LogP contribution in [0, 0.1) is 0 Å². The van der Waals surface area contributed by atoms with Crippen LogP contribution in [0.5, 0.6) is 11.5 Å². The van der Waals surface area contributed by atoms with Crippen LogP contribution in [0.4, 0.5) is 13.2 Å². The molecule has 1 amide bonds. The Hall–Kier alpha value is -1.96. The molecule has 0 bridgehead atoms. The summed E-state index contributed by atoms with van der Waals surface area (Å²) in [5, 5.41) is 9.43. The number of rotatable bonds is 5. The predicted octanol–water partition coefficient (Wildman–Crippen LogP) is 2.77. The maximum atomic E-state index is 12.7. The van der Waals surface area contributed by atoms with Gasteiger partial charge in [0, 0.05) is 25.9 Å². The van der Waals surface area contributed by atoms with Crippen molar-refractivity contribution < 1.29 is 32.5 Å². The number of nitrogens with zero attached hydrogens (tertiary/aromatic N) is 1. The van der Waals surface area contributed by atoms with Crippen molar-refractivity contribution in [2.75, 3.05) is 20.2 Å². The van der Waals surface area contributed by atoms with E-state index in [-0.39, 0.29) is 6.10 Å². The van der Waals surface area contributed by atoms with Crippen molar-refractivity contribution in [1.29, 1.82) is 0 Å². The summed E-state index contributed by atoms with van der Waals surface area (Å²) in [6.07, 6.45) is -4.88. The number of carbonyl (C=O) groups excluding carboxylic acids is 1. The Morgan fingerprint density at radius 2 is 1.72 bits per heavy atom. The van der Waals surface area contributed by atoms with Gasteiger partial charge in [-0.05, 0) is 31.2 Å². The largest absolute Gasteiger partial charge is 0.497 e. The normalized spacial score (nSPS) is 18.6. The average Bonchev–Trinajstić information content (AvgIpc) is 2.55. The number of likely N-dealkylation sites (tertiary alicyclic amines) is 1. The average molecular weight is 361 g/mol. The molecule has 1 unspecified atom stereocenters. The molecular formula is C17H22F3NO4. The van der Waals surface area contributed by atoms with Crippen molar-refractivity contribution in [3.05, 3.63) is 24.3 Å². The number of hydrogen-bond acceptors (Lipinski definition) is 4. The topological polar surface area (TPSA) is 59.0 Å². The fourth-order valence-electron chi connectivity index (χ4n) is 2.58. The van der Waals surface area contributed by atoms with Crippen molar-refractivity contribution in [1.82, 2.24) is 4.90 Å². The molecule has 1 saturated heterocycles. The van der Waals surface area contributed by atoms with Gasteiger partial charge in [-0.25, -0.2) is 0 Å². The number of hydrogen-bond donors (Lipinski definition) is 1. The lowest BCUT2D eigenvalue weighted by molar-refractivity contribution is -0.254. The molecular weight excluding hydrogens is 339 g/mol. The van der Waals surface area contributed by atoms with E-state index in [1.165, 1.54) is 4.90 Å². The van der Waals surface area contributed by atoms with Gasteiger partial charge in [-0.15, -0.1) is 0 Å². The highest BCUT2D eigenvalue weighted by atomic mass is 19.4. The number of benzene rings is 1. The van der Waals surface area contributed by atoms with E-state index in [9.17, 15) is 23.1 Å². The zero-order chi connectivity index (χ0) is 18.7. The maximum absolute atomic E-state index is 12.7. The number of halogens is 3. The molecule has 1 atom stereocenters. The van der Waals surface area contributed by atoms with Crippen LogP contribution in [-0.2, 0) is 4.79 Å². The molecule has 5 nitrogen and oxygen atoms in total. The zero-order valence-corrected chi connectivity index (χ0v) is 14.2. The van der Waals surface area contributed by atoms with Crippen LogP contribution in [0.3, 0.4) is 0 Å². The first-order valence-corrected chi connectivity index (χ1v) is 8.00. The van der Waals surface area contributed by atoms with Crippen molar-refractivity contribution in [2.45, 2.75) is 44.1 Å². The van der Waals surface area contributed by atoms with E-state index in [2.05, 4.69) is 0 Å². The van der Waals surface area contributed by atoms with E-state index in [1.54, 1.807) is 31.4 Å². The van der Waals surface area contributed by atoms with Crippen LogP contribution in [-0.4, -0.2) is 54.0 Å². The smallest absolute Gasteiger partial charge is 0.417 e. The molecule has 0 spiro atoms. The summed E-state index contributed by atoms with van der Waals surface area (Å²) in [7, 11) is 1.57. The lowest BCUT2D eigenvalue weighted by atomic mass is 9.99. The fraction of sp³-hybridized carbons (Fsp3) is 0.588. The molecule has 1 aromatic rings. The Morgan fingerprint density at radius 1 is 1.20 bits per heavy atom. The van der Waals surface area contributed by atoms with E-state index >= 15 is 0 Å². The number of amides is 1. The van der Waals surface area contributed by atoms with Crippen LogP contribution in [0.2, 0.25) is 0 Å². The quantitative estimate of drug-likeness (QED) is 0.876. The Labute approximate surface area is 144 Å². The van der Waals surface area contributed by atoms with Crippen molar-refractivity contribution in [3.63, 3.8) is 0 Å². The minimum Gasteiger partial charge on any atom is -0.497 e. The van der Waals surface area contributed by atoms with Gasteiger partial charge < -0.3 is 19.5 Å². The number of carbonyl (C=O) groups is 1. The van der Waals surface area contributed by atoms with E-state index in [0.717, 1.165) is 0 Å². The lowest BCUT2D eigenvalue weighted by Crippen LogP contribution is -2.49. The SMILES string of the molecule is COc1ccc(OC2CCN(C(=O)CC(C)(O)C(F)(F)F)CC2)cc1. The maximum Gasteiger partial charge on any atom is 0.417 e. The lowest BCUT2D eigenvalue weighted by Gasteiger charge is -2.34. The van der Waals surface area contributed by atoms with E-state index in [1.807, 2.05) is 0 Å². The summed E-state index contributed by atoms with van der Waals surface area (Å²) in [6, 6.07) is 7.09. The second-order valence-corrected chi connectivity index (χ2v) is 6.32. The third-order valence-corrected chi connectivity index (χ3v) is 4.26. The molecule has 1 aliphatic rings. The number of aliphatic hydroxyl groups is 1. The molecule has 1 aliphatic heterocycles. The molecule has 1 fully saturated rings. The highest BCUT2D eigenvalue weighted by molar-refractivity contribution is 5.77. The van der Waals surface area contributed by atoms with Gasteiger partial charge in [0.05, 0.1) is 13.5 Å². The predicted molar refractivity (Wildman–Crippen MR) is 84.5 cm³/mol. The number of alkyl halides is 3. The molecule has 25 heavy (non-hydrogen) atoms. The van der Waals surface area contributed by atoms with Gasteiger partial charge in [0.15, 0.2) is 5.60 Å². The van der Waals surface area contributed by atoms with Gasteiger partial charge in [-0.2, -0.15) is 13.2 Å². The number of piperidine rings is 1. The summed E-state index contributed by atoms with van der Waals surface area (Å²) in [4.78, 5) is 13.3. The first-order valence-electron chi connectivity index (χ1n) is 8.00. The third kappa shape index (κ3) is 5.01. The van der Waals surface area contributed by atoms with E-state index in [0.29, 0.717) is 44.4 Å². The van der Waals surface area contributed by atoms with E-state index < -0.39 is 24.1 Å². The summed E-state index contributed by atoms with van der Waals surface area (Å²) >= 11 is 0. The van der Waals surface area contributed by atoms with Gasteiger partial charge in [0.25, 0.3) is 0 Å². The van der Waals surface area contributed by atoms with Crippen LogP contribution in [0.15, 0.2) is 24.3 Å². The minimum atomic E-state index is -4.83. The molecule has 0 aliphatic carbocycles. The molecule has 0 radical (unpaired) electrons. The zero-order valence-electron chi connectivity index (χ0n) is 14.2.